The highest BCUT2D eigenvalue weighted by Gasteiger charge is 2.25. The molecule has 136 valence electrons. The molecule has 0 saturated heterocycles. The van der Waals surface area contributed by atoms with Crippen molar-refractivity contribution in [1.82, 2.24) is 4.98 Å². The van der Waals surface area contributed by atoms with Crippen LogP contribution >= 0.6 is 11.3 Å². The van der Waals surface area contributed by atoms with E-state index in [2.05, 4.69) is 10.3 Å². The number of ether oxygens (including phenoxy) is 2. The quantitative estimate of drug-likeness (QED) is 0.518. The van der Waals surface area contributed by atoms with Gasteiger partial charge in [0.05, 0.1) is 30.9 Å². The van der Waals surface area contributed by atoms with Gasteiger partial charge in [-0.2, -0.15) is 0 Å². The lowest BCUT2D eigenvalue weighted by Gasteiger charge is -2.08. The van der Waals surface area contributed by atoms with Crippen LogP contribution in [0.3, 0.4) is 0 Å². The lowest BCUT2D eigenvalue weighted by atomic mass is 10.1. The molecule has 1 aromatic carbocycles. The monoisotopic (exact) mass is 380 g/mol. The van der Waals surface area contributed by atoms with E-state index in [1.54, 1.807) is 36.6 Å². The first-order chi connectivity index (χ1) is 13.2. The third-order valence-electron chi connectivity index (χ3n) is 4.24. The Morgan fingerprint density at radius 2 is 2.00 bits per heavy atom. The van der Waals surface area contributed by atoms with Crippen LogP contribution < -0.4 is 19.2 Å². The number of nitrogens with zero attached hydrogens (tertiary/aromatic N) is 1. The van der Waals surface area contributed by atoms with E-state index in [1.807, 2.05) is 46.3 Å². The fourth-order valence-corrected chi connectivity index (χ4v) is 3.66. The second kappa shape index (κ2) is 7.13. The van der Waals surface area contributed by atoms with Gasteiger partial charge in [0, 0.05) is 12.1 Å². The molecule has 1 amide bonds. The minimum atomic E-state index is -0.260. The van der Waals surface area contributed by atoms with Gasteiger partial charge in [0.25, 0.3) is 5.82 Å². The Morgan fingerprint density at radius 1 is 1.11 bits per heavy atom. The highest BCUT2D eigenvalue weighted by atomic mass is 32.1. The largest absolute Gasteiger partial charge is 0.497 e. The van der Waals surface area contributed by atoms with Gasteiger partial charge in [-0.25, -0.2) is 9.72 Å². The summed E-state index contributed by atoms with van der Waals surface area (Å²) in [5.41, 5.74) is 2.18. The standard InChI is InChI=1S/C20H17N3O3S/c1-25-13-8-9-14(15(12-13)26-2)20(24)22-19-18(16-6-5-11-27-16)21-17-7-3-4-10-23(17)19/h3-12H,1-2H3,(H,22,24)/p+1. The molecule has 3 aromatic heterocycles. The average Bonchev–Trinajstić information content (AvgIpc) is 3.35. The number of thiophene rings is 1. The van der Waals surface area contributed by atoms with Crippen molar-refractivity contribution >= 4 is 28.7 Å². The molecule has 0 fully saturated rings. The minimum Gasteiger partial charge on any atom is -0.497 e. The Bertz CT molecular complexity index is 1100. The van der Waals surface area contributed by atoms with Gasteiger partial charge in [0.1, 0.15) is 11.5 Å². The molecule has 0 radical (unpaired) electrons. The predicted octanol–water partition coefficient (Wildman–Crippen LogP) is 3.75. The SMILES string of the molecule is COc1ccc(C(=O)Nc2c(-c3cccs3)[nH]c3cccc[n+]23)c(OC)c1. The smallest absolute Gasteiger partial charge is 0.315 e. The molecule has 2 N–H and O–H groups in total. The van der Waals surface area contributed by atoms with Crippen LogP contribution in [0.1, 0.15) is 10.4 Å². The Hall–Kier alpha value is -3.32. The zero-order valence-electron chi connectivity index (χ0n) is 14.9. The van der Waals surface area contributed by atoms with Gasteiger partial charge >= 0.3 is 5.91 Å². The number of fused-ring (bicyclic) bond motifs is 1. The number of nitrogens with one attached hydrogen (secondary N) is 2. The number of hydrogen-bond acceptors (Lipinski definition) is 4. The number of hydrogen-bond donors (Lipinski definition) is 2. The molecule has 0 aliphatic rings. The maximum atomic E-state index is 13.0. The fraction of sp³-hybridized carbons (Fsp3) is 0.100. The van der Waals surface area contributed by atoms with Gasteiger partial charge in [0.15, 0.2) is 5.69 Å². The van der Waals surface area contributed by atoms with Crippen LogP contribution in [-0.2, 0) is 0 Å². The van der Waals surface area contributed by atoms with Crippen molar-refractivity contribution in [2.75, 3.05) is 19.5 Å². The number of benzene rings is 1. The molecule has 0 bridgehead atoms. The predicted molar refractivity (Wildman–Crippen MR) is 105 cm³/mol. The van der Waals surface area contributed by atoms with Crippen LogP contribution in [0, 0.1) is 0 Å². The van der Waals surface area contributed by atoms with E-state index >= 15 is 0 Å². The van der Waals surface area contributed by atoms with E-state index in [0.717, 1.165) is 16.2 Å². The van der Waals surface area contributed by atoms with Crippen LogP contribution in [0.5, 0.6) is 11.5 Å². The molecule has 4 aromatic rings. The van der Waals surface area contributed by atoms with Crippen molar-refractivity contribution in [2.24, 2.45) is 0 Å². The van der Waals surface area contributed by atoms with Gasteiger partial charge in [0.2, 0.25) is 5.65 Å². The summed E-state index contributed by atoms with van der Waals surface area (Å²) in [5, 5.41) is 5.03. The zero-order valence-corrected chi connectivity index (χ0v) is 15.7. The molecule has 27 heavy (non-hydrogen) atoms. The van der Waals surface area contributed by atoms with Crippen molar-refractivity contribution < 1.29 is 18.7 Å². The number of aromatic amines is 1. The molecule has 0 aliphatic heterocycles. The molecule has 3 heterocycles. The normalized spacial score (nSPS) is 10.7. The first-order valence-electron chi connectivity index (χ1n) is 8.31. The number of carbonyl (C=O) groups excluding carboxylic acids is 1. The Labute approximate surface area is 160 Å². The Balaban J connectivity index is 1.77. The van der Waals surface area contributed by atoms with Crippen molar-refractivity contribution in [2.45, 2.75) is 0 Å². The number of rotatable bonds is 5. The highest BCUT2D eigenvalue weighted by molar-refractivity contribution is 7.13. The Morgan fingerprint density at radius 3 is 2.74 bits per heavy atom. The fourth-order valence-electron chi connectivity index (χ4n) is 2.93. The van der Waals surface area contributed by atoms with Crippen molar-refractivity contribution in [3.63, 3.8) is 0 Å². The molecular weight excluding hydrogens is 362 g/mol. The topological polar surface area (TPSA) is 67.5 Å². The number of anilines is 1. The lowest BCUT2D eigenvalue weighted by molar-refractivity contribution is -0.493. The number of amides is 1. The summed E-state index contributed by atoms with van der Waals surface area (Å²) in [4.78, 5) is 17.4. The van der Waals surface area contributed by atoms with Crippen molar-refractivity contribution in [1.29, 1.82) is 0 Å². The van der Waals surface area contributed by atoms with E-state index in [-0.39, 0.29) is 5.91 Å². The molecule has 0 spiro atoms. The number of aromatic nitrogens is 2. The first kappa shape index (κ1) is 17.1. The number of carbonyl (C=O) groups is 1. The molecule has 0 aliphatic carbocycles. The maximum absolute atomic E-state index is 13.0. The third-order valence-corrected chi connectivity index (χ3v) is 5.13. The van der Waals surface area contributed by atoms with Crippen molar-refractivity contribution in [3.8, 4) is 22.1 Å². The summed E-state index contributed by atoms with van der Waals surface area (Å²) < 4.78 is 12.5. The van der Waals surface area contributed by atoms with Crippen molar-refractivity contribution in [3.05, 3.63) is 65.7 Å². The van der Waals surface area contributed by atoms with Gasteiger partial charge in [-0.3, -0.25) is 9.78 Å². The van der Waals surface area contributed by atoms with Gasteiger partial charge < -0.3 is 9.47 Å². The average molecular weight is 380 g/mol. The molecule has 4 rings (SSSR count). The molecule has 0 saturated carbocycles. The van der Waals surface area contributed by atoms with Gasteiger partial charge in [-0.05, 0) is 29.6 Å². The molecular formula is C20H18N3O3S+. The zero-order chi connectivity index (χ0) is 18.8. The number of methoxy groups -OCH3 is 2. The first-order valence-corrected chi connectivity index (χ1v) is 9.19. The van der Waals surface area contributed by atoms with E-state index in [1.165, 1.54) is 7.11 Å². The number of H-pyrrole nitrogens is 1. The number of imidazole rings is 1. The molecule has 0 unspecified atom stereocenters. The summed E-state index contributed by atoms with van der Waals surface area (Å²) in [6.07, 6.45) is 1.91. The maximum Gasteiger partial charge on any atom is 0.315 e. The minimum absolute atomic E-state index is 0.260. The number of pyridine rings is 1. The third kappa shape index (κ3) is 3.13. The summed E-state index contributed by atoms with van der Waals surface area (Å²) in [7, 11) is 3.10. The van der Waals surface area contributed by atoms with E-state index < -0.39 is 0 Å². The van der Waals surface area contributed by atoms with Crippen LogP contribution in [0.15, 0.2) is 60.1 Å². The molecule has 0 atom stereocenters. The van der Waals surface area contributed by atoms with Gasteiger partial charge in [-0.15, -0.1) is 11.3 Å². The van der Waals surface area contributed by atoms with E-state index in [4.69, 9.17) is 9.47 Å². The van der Waals surface area contributed by atoms with E-state index in [9.17, 15) is 4.79 Å². The summed E-state index contributed by atoms with van der Waals surface area (Å²) in [5.74, 6) is 1.50. The molecule has 7 heteroatoms. The molecule has 6 nitrogen and oxygen atoms in total. The summed E-state index contributed by atoms with van der Waals surface area (Å²) in [6, 6.07) is 14.9. The summed E-state index contributed by atoms with van der Waals surface area (Å²) >= 11 is 1.60. The second-order valence-corrected chi connectivity index (χ2v) is 6.75. The lowest BCUT2D eigenvalue weighted by Crippen LogP contribution is -2.27. The highest BCUT2D eigenvalue weighted by Crippen LogP contribution is 2.30. The van der Waals surface area contributed by atoms with Crippen LogP contribution in [0.25, 0.3) is 16.2 Å². The van der Waals surface area contributed by atoms with Crippen LogP contribution in [-0.4, -0.2) is 25.1 Å². The summed E-state index contributed by atoms with van der Waals surface area (Å²) in [6.45, 7) is 0. The van der Waals surface area contributed by atoms with Crippen LogP contribution in [0.4, 0.5) is 5.82 Å². The van der Waals surface area contributed by atoms with E-state index in [0.29, 0.717) is 22.9 Å². The van der Waals surface area contributed by atoms with Gasteiger partial charge in [-0.1, -0.05) is 12.1 Å². The Kier molecular flexibility index (Phi) is 4.52. The van der Waals surface area contributed by atoms with Crippen LogP contribution in [0.2, 0.25) is 0 Å². The second-order valence-electron chi connectivity index (χ2n) is 5.80.